The van der Waals surface area contributed by atoms with Crippen molar-refractivity contribution in [3.05, 3.63) is 49.4 Å². The number of rotatable bonds is 5. The molecule has 0 N–H and O–H groups in total. The zero-order chi connectivity index (χ0) is 17.1. The fourth-order valence-corrected chi connectivity index (χ4v) is 3.86. The molecule has 1 saturated heterocycles. The lowest BCUT2D eigenvalue weighted by molar-refractivity contribution is -0.384. The van der Waals surface area contributed by atoms with Gasteiger partial charge in [0.2, 0.25) is 0 Å². The van der Waals surface area contributed by atoms with Gasteiger partial charge in [0.25, 0.3) is 5.69 Å². The molecule has 0 unspecified atom stereocenters. The standard InChI is InChI=1S/C16H19ClN4O2S/c1-2-16-18-12(11-24-16)10-19-5-7-20(8-6-19)15-4-3-13(21(22)23)9-14(15)17/h3-4,9,11H,2,5-8,10H2,1H3. The normalized spacial score (nSPS) is 15.7. The van der Waals surface area contributed by atoms with Crippen molar-refractivity contribution >= 4 is 34.3 Å². The summed E-state index contributed by atoms with van der Waals surface area (Å²) in [7, 11) is 0. The minimum absolute atomic E-state index is 0.0256. The predicted octanol–water partition coefficient (Wildman–Crippen LogP) is 3.59. The van der Waals surface area contributed by atoms with Crippen LogP contribution < -0.4 is 4.90 Å². The lowest BCUT2D eigenvalue weighted by Crippen LogP contribution is -2.46. The van der Waals surface area contributed by atoms with Crippen LogP contribution in [0.2, 0.25) is 5.02 Å². The number of nitro groups is 1. The molecule has 0 radical (unpaired) electrons. The van der Waals surface area contributed by atoms with Gasteiger partial charge in [0, 0.05) is 50.2 Å². The van der Waals surface area contributed by atoms with Gasteiger partial charge in [-0.2, -0.15) is 0 Å². The quantitative estimate of drug-likeness (QED) is 0.597. The van der Waals surface area contributed by atoms with E-state index in [0.29, 0.717) is 5.02 Å². The molecule has 2 heterocycles. The Morgan fingerprint density at radius 3 is 2.67 bits per heavy atom. The van der Waals surface area contributed by atoms with Crippen molar-refractivity contribution in [2.24, 2.45) is 0 Å². The number of nitrogens with zero attached hydrogens (tertiary/aromatic N) is 4. The molecule has 0 aliphatic carbocycles. The van der Waals surface area contributed by atoms with Crippen molar-refractivity contribution in [2.75, 3.05) is 31.1 Å². The van der Waals surface area contributed by atoms with Gasteiger partial charge in [-0.15, -0.1) is 11.3 Å². The molecule has 0 spiro atoms. The predicted molar refractivity (Wildman–Crippen MR) is 97.1 cm³/mol. The zero-order valence-electron chi connectivity index (χ0n) is 13.4. The summed E-state index contributed by atoms with van der Waals surface area (Å²) in [5.74, 6) is 0. The Morgan fingerprint density at radius 2 is 2.08 bits per heavy atom. The first-order valence-electron chi connectivity index (χ1n) is 7.91. The van der Waals surface area contributed by atoms with Crippen molar-refractivity contribution < 1.29 is 4.92 Å². The van der Waals surface area contributed by atoms with Crippen LogP contribution in [0.4, 0.5) is 11.4 Å². The van der Waals surface area contributed by atoms with E-state index in [4.69, 9.17) is 11.6 Å². The average Bonchev–Trinajstić information content (AvgIpc) is 3.03. The summed E-state index contributed by atoms with van der Waals surface area (Å²) in [4.78, 5) is 19.6. The second-order valence-electron chi connectivity index (χ2n) is 5.74. The van der Waals surface area contributed by atoms with E-state index in [1.165, 1.54) is 17.1 Å². The first-order chi connectivity index (χ1) is 11.6. The van der Waals surface area contributed by atoms with Crippen molar-refractivity contribution in [3.8, 4) is 0 Å². The number of hydrogen-bond acceptors (Lipinski definition) is 6. The van der Waals surface area contributed by atoms with Gasteiger partial charge in [-0.25, -0.2) is 4.98 Å². The summed E-state index contributed by atoms with van der Waals surface area (Å²) in [5.41, 5.74) is 2.03. The number of nitro benzene ring substituents is 1. The maximum absolute atomic E-state index is 10.8. The summed E-state index contributed by atoms with van der Waals surface area (Å²) in [6.07, 6.45) is 0.983. The number of hydrogen-bond donors (Lipinski definition) is 0. The number of aryl methyl sites for hydroxylation is 1. The largest absolute Gasteiger partial charge is 0.368 e. The van der Waals surface area contributed by atoms with E-state index >= 15 is 0 Å². The number of anilines is 1. The minimum atomic E-state index is -0.425. The molecule has 1 aliphatic rings. The molecular weight excluding hydrogens is 348 g/mol. The molecule has 1 aromatic heterocycles. The van der Waals surface area contributed by atoms with Gasteiger partial charge >= 0.3 is 0 Å². The molecule has 0 saturated carbocycles. The highest BCUT2D eigenvalue weighted by atomic mass is 35.5. The second-order valence-corrected chi connectivity index (χ2v) is 7.09. The van der Waals surface area contributed by atoms with Crippen molar-refractivity contribution in [3.63, 3.8) is 0 Å². The fraction of sp³-hybridized carbons (Fsp3) is 0.438. The van der Waals surface area contributed by atoms with Gasteiger partial charge in [-0.1, -0.05) is 18.5 Å². The first-order valence-corrected chi connectivity index (χ1v) is 9.17. The van der Waals surface area contributed by atoms with Gasteiger partial charge in [-0.3, -0.25) is 15.0 Å². The number of aromatic nitrogens is 1. The van der Waals surface area contributed by atoms with E-state index in [2.05, 4.69) is 27.1 Å². The molecule has 1 fully saturated rings. The topological polar surface area (TPSA) is 62.5 Å². The van der Waals surface area contributed by atoms with Crippen LogP contribution in [0.5, 0.6) is 0 Å². The van der Waals surface area contributed by atoms with Gasteiger partial charge in [0.05, 0.1) is 26.3 Å². The SMILES string of the molecule is CCc1nc(CN2CCN(c3ccc([N+](=O)[O-])cc3Cl)CC2)cs1. The maximum atomic E-state index is 10.8. The van der Waals surface area contributed by atoms with E-state index < -0.39 is 4.92 Å². The van der Waals surface area contributed by atoms with Gasteiger partial charge in [-0.05, 0) is 12.5 Å². The van der Waals surface area contributed by atoms with Crippen LogP contribution in [-0.4, -0.2) is 41.0 Å². The van der Waals surface area contributed by atoms with Crippen LogP contribution in [-0.2, 0) is 13.0 Å². The number of benzene rings is 1. The summed E-state index contributed by atoms with van der Waals surface area (Å²) in [5, 5.41) is 14.6. The molecule has 8 heteroatoms. The third kappa shape index (κ3) is 3.85. The second kappa shape index (κ2) is 7.46. The van der Waals surface area contributed by atoms with Crippen molar-refractivity contribution in [1.29, 1.82) is 0 Å². The summed E-state index contributed by atoms with van der Waals surface area (Å²) >= 11 is 7.94. The van der Waals surface area contributed by atoms with Gasteiger partial charge < -0.3 is 4.90 Å². The molecule has 128 valence electrons. The van der Waals surface area contributed by atoms with Crippen LogP contribution in [0.1, 0.15) is 17.6 Å². The van der Waals surface area contributed by atoms with E-state index in [1.807, 2.05) is 0 Å². The fourth-order valence-electron chi connectivity index (χ4n) is 2.83. The maximum Gasteiger partial charge on any atom is 0.271 e. The van der Waals surface area contributed by atoms with Crippen LogP contribution in [0, 0.1) is 10.1 Å². The Kier molecular flexibility index (Phi) is 5.33. The van der Waals surface area contributed by atoms with Gasteiger partial charge in [0.1, 0.15) is 0 Å². The Balaban J connectivity index is 1.59. The summed E-state index contributed by atoms with van der Waals surface area (Å²) < 4.78 is 0. The van der Waals surface area contributed by atoms with Crippen LogP contribution >= 0.6 is 22.9 Å². The highest BCUT2D eigenvalue weighted by Gasteiger charge is 2.21. The minimum Gasteiger partial charge on any atom is -0.368 e. The summed E-state index contributed by atoms with van der Waals surface area (Å²) in [6.45, 7) is 6.54. The lowest BCUT2D eigenvalue weighted by atomic mass is 10.2. The Bertz CT molecular complexity index is 729. The molecular formula is C16H19ClN4O2S. The van der Waals surface area contributed by atoms with E-state index in [-0.39, 0.29) is 5.69 Å². The number of non-ortho nitro benzene ring substituents is 1. The Morgan fingerprint density at radius 1 is 1.33 bits per heavy atom. The number of thiazole rings is 1. The third-order valence-electron chi connectivity index (χ3n) is 4.14. The van der Waals surface area contributed by atoms with Crippen LogP contribution in [0.15, 0.2) is 23.6 Å². The van der Waals surface area contributed by atoms with Crippen molar-refractivity contribution in [1.82, 2.24) is 9.88 Å². The Labute approximate surface area is 149 Å². The van der Waals surface area contributed by atoms with Gasteiger partial charge in [0.15, 0.2) is 0 Å². The number of piperazine rings is 1. The van der Waals surface area contributed by atoms with E-state index in [0.717, 1.165) is 50.5 Å². The molecule has 24 heavy (non-hydrogen) atoms. The molecule has 6 nitrogen and oxygen atoms in total. The van der Waals surface area contributed by atoms with Crippen molar-refractivity contribution in [2.45, 2.75) is 19.9 Å². The molecule has 2 aromatic rings. The smallest absolute Gasteiger partial charge is 0.271 e. The molecule has 3 rings (SSSR count). The van der Waals surface area contributed by atoms with Crippen LogP contribution in [0.3, 0.4) is 0 Å². The molecule has 1 aliphatic heterocycles. The Hall–Kier alpha value is -1.70. The monoisotopic (exact) mass is 366 g/mol. The highest BCUT2D eigenvalue weighted by molar-refractivity contribution is 7.09. The number of halogens is 1. The molecule has 0 atom stereocenters. The third-order valence-corrected chi connectivity index (χ3v) is 5.49. The molecule has 1 aromatic carbocycles. The first kappa shape index (κ1) is 17.1. The average molecular weight is 367 g/mol. The highest BCUT2D eigenvalue weighted by Crippen LogP contribution is 2.30. The van der Waals surface area contributed by atoms with E-state index in [9.17, 15) is 10.1 Å². The molecule has 0 amide bonds. The lowest BCUT2D eigenvalue weighted by Gasteiger charge is -2.36. The van der Waals surface area contributed by atoms with E-state index in [1.54, 1.807) is 17.4 Å². The zero-order valence-corrected chi connectivity index (χ0v) is 15.0. The van der Waals surface area contributed by atoms with Crippen LogP contribution in [0.25, 0.3) is 0 Å². The molecule has 0 bridgehead atoms. The summed E-state index contributed by atoms with van der Waals surface area (Å²) in [6, 6.07) is 4.67.